The van der Waals surface area contributed by atoms with Crippen molar-refractivity contribution in [1.82, 2.24) is 0 Å². The SMILES string of the molecule is COc1ccccc1N1C(=O)C2C(C1=O)C1(C)CC2(C)CC1=O. The summed E-state index contributed by atoms with van der Waals surface area (Å²) in [4.78, 5) is 39.7. The molecule has 5 nitrogen and oxygen atoms in total. The van der Waals surface area contributed by atoms with Crippen LogP contribution in [0.3, 0.4) is 0 Å². The first kappa shape index (κ1) is 14.4. The number of methoxy groups -OCH3 is 1. The molecule has 3 fully saturated rings. The van der Waals surface area contributed by atoms with Gasteiger partial charge in [-0.1, -0.05) is 26.0 Å². The first-order valence-corrected chi connectivity index (χ1v) is 7.88. The molecule has 0 N–H and O–H groups in total. The second kappa shape index (κ2) is 4.22. The van der Waals surface area contributed by atoms with Crippen LogP contribution in [-0.4, -0.2) is 24.7 Å². The van der Waals surface area contributed by atoms with E-state index in [0.717, 1.165) is 0 Å². The highest BCUT2D eigenvalue weighted by molar-refractivity contribution is 6.25. The number of nitrogens with zero attached hydrogens (tertiary/aromatic N) is 1. The molecular formula is C18H19NO4. The average Bonchev–Trinajstić information content (AvgIpc) is 3.01. The van der Waals surface area contributed by atoms with Crippen molar-refractivity contribution in [3.05, 3.63) is 24.3 Å². The van der Waals surface area contributed by atoms with Gasteiger partial charge in [0.15, 0.2) is 0 Å². The summed E-state index contributed by atoms with van der Waals surface area (Å²) in [5.41, 5.74) is -0.637. The molecule has 1 heterocycles. The minimum Gasteiger partial charge on any atom is -0.495 e. The zero-order valence-corrected chi connectivity index (χ0v) is 13.5. The highest BCUT2D eigenvalue weighted by Gasteiger charge is 2.74. The predicted molar refractivity (Wildman–Crippen MR) is 82.9 cm³/mol. The molecule has 5 heteroatoms. The van der Waals surface area contributed by atoms with Crippen molar-refractivity contribution in [3.63, 3.8) is 0 Å². The van der Waals surface area contributed by atoms with E-state index < -0.39 is 22.7 Å². The normalized spacial score (nSPS) is 38.4. The average molecular weight is 313 g/mol. The number of imide groups is 1. The number of para-hydroxylation sites is 2. The maximum absolute atomic E-state index is 13.0. The number of Topliss-reactive ketones (excluding diaryl/α,β-unsaturated/α-hetero) is 1. The monoisotopic (exact) mass is 313 g/mol. The summed E-state index contributed by atoms with van der Waals surface area (Å²) in [6.07, 6.45) is 1.02. The standard InChI is InChI=1S/C18H19NO4/c1-17-8-12(20)18(2,9-17)14-13(17)15(21)19(16(14)22)10-6-4-5-7-11(10)23-3/h4-7,13-14H,8-9H2,1-3H3. The fraction of sp³-hybridized carbons (Fsp3) is 0.500. The Bertz CT molecular complexity index is 757. The van der Waals surface area contributed by atoms with Crippen molar-refractivity contribution < 1.29 is 19.1 Å². The Morgan fingerprint density at radius 1 is 1.09 bits per heavy atom. The lowest BCUT2D eigenvalue weighted by Gasteiger charge is -2.30. The smallest absolute Gasteiger partial charge is 0.238 e. The summed E-state index contributed by atoms with van der Waals surface area (Å²) < 4.78 is 5.30. The Morgan fingerprint density at radius 2 is 1.74 bits per heavy atom. The quantitative estimate of drug-likeness (QED) is 0.785. The number of carbonyl (C=O) groups is 3. The van der Waals surface area contributed by atoms with Crippen LogP contribution in [-0.2, 0) is 14.4 Å². The Morgan fingerprint density at radius 3 is 2.43 bits per heavy atom. The van der Waals surface area contributed by atoms with Gasteiger partial charge in [0, 0.05) is 11.8 Å². The van der Waals surface area contributed by atoms with E-state index in [1.54, 1.807) is 24.3 Å². The molecule has 4 atom stereocenters. The van der Waals surface area contributed by atoms with Crippen molar-refractivity contribution in [2.45, 2.75) is 26.7 Å². The number of ether oxygens (including phenoxy) is 1. The lowest BCUT2D eigenvalue weighted by atomic mass is 9.68. The molecule has 2 saturated carbocycles. The van der Waals surface area contributed by atoms with Crippen molar-refractivity contribution in [3.8, 4) is 5.75 Å². The fourth-order valence-electron chi connectivity index (χ4n) is 5.14. The molecule has 1 saturated heterocycles. The van der Waals surface area contributed by atoms with Crippen LogP contribution in [0, 0.1) is 22.7 Å². The lowest BCUT2D eigenvalue weighted by Crippen LogP contribution is -2.40. The largest absolute Gasteiger partial charge is 0.495 e. The molecule has 1 aromatic rings. The fourth-order valence-corrected chi connectivity index (χ4v) is 5.14. The van der Waals surface area contributed by atoms with Crippen molar-refractivity contribution >= 4 is 23.3 Å². The molecule has 4 unspecified atom stereocenters. The predicted octanol–water partition coefficient (Wildman–Crippen LogP) is 2.19. The van der Waals surface area contributed by atoms with Gasteiger partial charge in [-0.3, -0.25) is 14.4 Å². The maximum atomic E-state index is 13.0. The van der Waals surface area contributed by atoms with E-state index in [0.29, 0.717) is 24.3 Å². The summed E-state index contributed by atoms with van der Waals surface area (Å²) in [6.45, 7) is 3.82. The Hall–Kier alpha value is -2.17. The number of benzene rings is 1. The van der Waals surface area contributed by atoms with Gasteiger partial charge in [-0.25, -0.2) is 4.90 Å². The molecule has 0 aromatic heterocycles. The molecule has 0 radical (unpaired) electrons. The summed E-state index contributed by atoms with van der Waals surface area (Å²) in [5.74, 6) is -0.784. The van der Waals surface area contributed by atoms with Gasteiger partial charge in [-0.2, -0.15) is 0 Å². The van der Waals surface area contributed by atoms with Crippen LogP contribution in [0.2, 0.25) is 0 Å². The Balaban J connectivity index is 1.84. The zero-order valence-electron chi connectivity index (χ0n) is 13.5. The number of anilines is 1. The maximum Gasteiger partial charge on any atom is 0.238 e. The van der Waals surface area contributed by atoms with Gasteiger partial charge < -0.3 is 4.74 Å². The van der Waals surface area contributed by atoms with Gasteiger partial charge in [0.05, 0.1) is 24.6 Å². The minimum atomic E-state index is -0.705. The molecule has 1 aromatic carbocycles. The number of fused-ring (bicyclic) bond motifs is 5. The van der Waals surface area contributed by atoms with E-state index in [1.165, 1.54) is 12.0 Å². The summed E-state index contributed by atoms with van der Waals surface area (Å²) in [7, 11) is 1.51. The molecule has 4 rings (SSSR count). The van der Waals surface area contributed by atoms with E-state index in [4.69, 9.17) is 4.74 Å². The molecule has 2 bridgehead atoms. The van der Waals surface area contributed by atoms with Crippen LogP contribution in [0.5, 0.6) is 5.75 Å². The van der Waals surface area contributed by atoms with E-state index in [2.05, 4.69) is 0 Å². The van der Waals surface area contributed by atoms with Crippen LogP contribution in [0.1, 0.15) is 26.7 Å². The van der Waals surface area contributed by atoms with Crippen molar-refractivity contribution in [1.29, 1.82) is 0 Å². The van der Waals surface area contributed by atoms with Crippen LogP contribution in [0.15, 0.2) is 24.3 Å². The van der Waals surface area contributed by atoms with E-state index in [9.17, 15) is 14.4 Å². The second-order valence-corrected chi connectivity index (χ2v) is 7.49. The van der Waals surface area contributed by atoms with Gasteiger partial charge in [-0.15, -0.1) is 0 Å². The molecule has 1 aliphatic heterocycles. The van der Waals surface area contributed by atoms with Crippen molar-refractivity contribution in [2.75, 3.05) is 12.0 Å². The minimum absolute atomic E-state index is 0.115. The number of hydrogen-bond donors (Lipinski definition) is 0. The third-order valence-electron chi connectivity index (χ3n) is 6.04. The van der Waals surface area contributed by atoms with E-state index in [1.807, 2.05) is 13.8 Å². The Kier molecular flexibility index (Phi) is 2.64. The molecule has 23 heavy (non-hydrogen) atoms. The number of hydrogen-bond acceptors (Lipinski definition) is 4. The molecular weight excluding hydrogens is 294 g/mol. The molecule has 2 aliphatic carbocycles. The molecule has 3 aliphatic rings. The van der Waals surface area contributed by atoms with Gasteiger partial charge in [0.2, 0.25) is 11.8 Å². The Labute approximate surface area is 134 Å². The number of amides is 2. The summed E-state index contributed by atoms with van der Waals surface area (Å²) >= 11 is 0. The lowest BCUT2D eigenvalue weighted by molar-refractivity contribution is -0.138. The highest BCUT2D eigenvalue weighted by atomic mass is 16.5. The summed E-state index contributed by atoms with van der Waals surface area (Å²) in [5, 5.41) is 0. The van der Waals surface area contributed by atoms with E-state index in [-0.39, 0.29) is 17.6 Å². The third kappa shape index (κ3) is 1.55. The third-order valence-corrected chi connectivity index (χ3v) is 6.04. The van der Waals surface area contributed by atoms with Crippen LogP contribution < -0.4 is 9.64 Å². The molecule has 2 amide bonds. The number of rotatable bonds is 2. The number of ketones is 1. The van der Waals surface area contributed by atoms with Crippen molar-refractivity contribution in [2.24, 2.45) is 22.7 Å². The van der Waals surface area contributed by atoms with Crippen LogP contribution >= 0.6 is 0 Å². The first-order valence-electron chi connectivity index (χ1n) is 7.88. The van der Waals surface area contributed by atoms with Crippen LogP contribution in [0.25, 0.3) is 0 Å². The number of carbonyl (C=O) groups excluding carboxylic acids is 3. The molecule has 120 valence electrons. The summed E-state index contributed by atoms with van der Waals surface area (Å²) in [6, 6.07) is 7.01. The zero-order chi connectivity index (χ0) is 16.6. The topological polar surface area (TPSA) is 63.7 Å². The van der Waals surface area contributed by atoms with Gasteiger partial charge >= 0.3 is 0 Å². The van der Waals surface area contributed by atoms with E-state index >= 15 is 0 Å². The van der Waals surface area contributed by atoms with Gasteiger partial charge in [0.25, 0.3) is 0 Å². The second-order valence-electron chi connectivity index (χ2n) is 7.49. The van der Waals surface area contributed by atoms with Gasteiger partial charge in [0.1, 0.15) is 11.5 Å². The highest BCUT2D eigenvalue weighted by Crippen LogP contribution is 2.68. The van der Waals surface area contributed by atoms with Crippen LogP contribution in [0.4, 0.5) is 5.69 Å². The molecule has 0 spiro atoms. The first-order chi connectivity index (χ1) is 10.8. The van der Waals surface area contributed by atoms with Gasteiger partial charge in [-0.05, 0) is 24.0 Å².